The molecule has 0 unspecified atom stereocenters. The van der Waals surface area contributed by atoms with Gasteiger partial charge in [-0.2, -0.15) is 5.10 Å². The van der Waals surface area contributed by atoms with Gasteiger partial charge >= 0.3 is 0 Å². The van der Waals surface area contributed by atoms with E-state index in [0.717, 1.165) is 22.0 Å². The first-order valence-electron chi connectivity index (χ1n) is 9.14. The number of nitrogens with two attached hydrogens (primary N) is 2. The number of amides is 2. The Kier molecular flexibility index (Phi) is 4.63. The summed E-state index contributed by atoms with van der Waals surface area (Å²) in [6, 6.07) is 10.8. The van der Waals surface area contributed by atoms with E-state index in [1.807, 2.05) is 19.1 Å². The molecule has 150 valence electrons. The number of hydrogen-bond donors (Lipinski definition) is 4. The van der Waals surface area contributed by atoms with E-state index in [1.165, 1.54) is 6.92 Å². The van der Waals surface area contributed by atoms with Gasteiger partial charge in [-0.1, -0.05) is 18.2 Å². The first kappa shape index (κ1) is 19.1. The van der Waals surface area contributed by atoms with Crippen LogP contribution in [0.5, 0.6) is 0 Å². The van der Waals surface area contributed by atoms with Crippen molar-refractivity contribution in [3.63, 3.8) is 0 Å². The molecule has 4 aromatic rings. The summed E-state index contributed by atoms with van der Waals surface area (Å²) in [6.07, 6.45) is 1.67. The van der Waals surface area contributed by atoms with Gasteiger partial charge in [0.15, 0.2) is 11.5 Å². The molecule has 0 bridgehead atoms. The molecule has 4 rings (SSSR count). The minimum atomic E-state index is -0.772. The average Bonchev–Trinajstić information content (AvgIpc) is 3.17. The van der Waals surface area contributed by atoms with Crippen molar-refractivity contribution in [2.24, 2.45) is 5.73 Å². The van der Waals surface area contributed by atoms with Crippen molar-refractivity contribution < 1.29 is 9.59 Å². The number of aromatic nitrogens is 4. The molecule has 0 atom stereocenters. The van der Waals surface area contributed by atoms with E-state index in [9.17, 15) is 9.59 Å². The standard InChI is InChI=1S/C21H19N7O2/c1-10-7-8-15-13(9-24-28-15)16(10)18-17(22)19(20(23)30)27-21(26-18)12-5-3-4-6-14(12)25-11(2)29/h3-9H,22H2,1-2H3,(H2,23,30)(H,24,28)(H,25,29). The number of fused-ring (bicyclic) bond motifs is 1. The number of primary amides is 1. The lowest BCUT2D eigenvalue weighted by Crippen LogP contribution is -2.18. The number of aryl methyl sites for hydroxylation is 1. The van der Waals surface area contributed by atoms with Crippen molar-refractivity contribution in [1.82, 2.24) is 20.2 Å². The minimum absolute atomic E-state index is 0.0834. The molecule has 9 nitrogen and oxygen atoms in total. The number of carbonyl (C=O) groups excluding carboxylic acids is 2. The molecule has 0 saturated heterocycles. The quantitative estimate of drug-likeness (QED) is 0.412. The monoisotopic (exact) mass is 401 g/mol. The lowest BCUT2D eigenvalue weighted by atomic mass is 9.99. The molecule has 0 aliphatic rings. The minimum Gasteiger partial charge on any atom is -0.395 e. The van der Waals surface area contributed by atoms with Crippen molar-refractivity contribution in [3.8, 4) is 22.6 Å². The lowest BCUT2D eigenvalue weighted by Gasteiger charge is -2.15. The molecule has 2 aromatic carbocycles. The maximum absolute atomic E-state index is 12.1. The van der Waals surface area contributed by atoms with E-state index in [1.54, 1.807) is 30.5 Å². The van der Waals surface area contributed by atoms with Crippen LogP contribution in [0.2, 0.25) is 0 Å². The number of aromatic amines is 1. The van der Waals surface area contributed by atoms with E-state index < -0.39 is 5.91 Å². The molecule has 0 fully saturated rings. The molecule has 6 N–H and O–H groups in total. The second-order valence-corrected chi connectivity index (χ2v) is 6.84. The van der Waals surface area contributed by atoms with Crippen LogP contribution in [0.1, 0.15) is 23.0 Å². The predicted octanol–water partition coefficient (Wildman–Crippen LogP) is 2.63. The van der Waals surface area contributed by atoms with Crippen molar-refractivity contribution in [2.45, 2.75) is 13.8 Å². The summed E-state index contributed by atoms with van der Waals surface area (Å²) in [5.74, 6) is -0.795. The highest BCUT2D eigenvalue weighted by Gasteiger charge is 2.22. The Balaban J connectivity index is 2.04. The third kappa shape index (κ3) is 3.22. The number of rotatable bonds is 4. The number of para-hydroxylation sites is 1. The van der Waals surface area contributed by atoms with Gasteiger partial charge in [0.1, 0.15) is 0 Å². The molecule has 0 spiro atoms. The summed E-state index contributed by atoms with van der Waals surface area (Å²) in [7, 11) is 0. The normalized spacial score (nSPS) is 10.9. The van der Waals surface area contributed by atoms with Crippen molar-refractivity contribution in [3.05, 3.63) is 53.9 Å². The summed E-state index contributed by atoms with van der Waals surface area (Å²) < 4.78 is 0. The van der Waals surface area contributed by atoms with Gasteiger partial charge in [0, 0.05) is 23.4 Å². The van der Waals surface area contributed by atoms with E-state index in [0.29, 0.717) is 16.9 Å². The molecule has 9 heteroatoms. The molecular formula is C21H19N7O2. The maximum atomic E-state index is 12.1. The van der Waals surface area contributed by atoms with Crippen LogP contribution in [0.25, 0.3) is 33.5 Å². The smallest absolute Gasteiger partial charge is 0.269 e. The highest BCUT2D eigenvalue weighted by atomic mass is 16.1. The number of anilines is 2. The first-order chi connectivity index (χ1) is 14.4. The van der Waals surface area contributed by atoms with Gasteiger partial charge in [-0.3, -0.25) is 14.7 Å². The maximum Gasteiger partial charge on any atom is 0.269 e. The van der Waals surface area contributed by atoms with Crippen LogP contribution in [0.4, 0.5) is 11.4 Å². The van der Waals surface area contributed by atoms with Gasteiger partial charge in [0.25, 0.3) is 5.91 Å². The highest BCUT2D eigenvalue weighted by molar-refractivity contribution is 6.04. The Labute approximate surface area is 171 Å². The Bertz CT molecular complexity index is 1310. The Morgan fingerprint density at radius 2 is 1.87 bits per heavy atom. The van der Waals surface area contributed by atoms with E-state index in [4.69, 9.17) is 11.5 Å². The highest BCUT2D eigenvalue weighted by Crippen LogP contribution is 2.36. The number of hydrogen-bond acceptors (Lipinski definition) is 6. The van der Waals surface area contributed by atoms with Gasteiger partial charge < -0.3 is 16.8 Å². The first-order valence-corrected chi connectivity index (χ1v) is 9.14. The fourth-order valence-electron chi connectivity index (χ4n) is 3.39. The lowest BCUT2D eigenvalue weighted by molar-refractivity contribution is -0.114. The number of nitrogens with zero attached hydrogens (tertiary/aromatic N) is 3. The second-order valence-electron chi connectivity index (χ2n) is 6.84. The van der Waals surface area contributed by atoms with Gasteiger partial charge in [0.05, 0.1) is 28.8 Å². The number of H-pyrrole nitrogens is 1. The summed E-state index contributed by atoms with van der Waals surface area (Å²) >= 11 is 0. The van der Waals surface area contributed by atoms with Crippen LogP contribution in [-0.2, 0) is 4.79 Å². The number of benzene rings is 2. The van der Waals surface area contributed by atoms with Crippen LogP contribution < -0.4 is 16.8 Å². The summed E-state index contributed by atoms with van der Waals surface area (Å²) in [5, 5.41) is 10.6. The van der Waals surface area contributed by atoms with Crippen molar-refractivity contribution >= 4 is 34.1 Å². The van der Waals surface area contributed by atoms with E-state index in [2.05, 4.69) is 25.5 Å². The fraction of sp³-hybridized carbons (Fsp3) is 0.0952. The van der Waals surface area contributed by atoms with Crippen LogP contribution in [-0.4, -0.2) is 32.0 Å². The molecule has 2 amide bonds. The molecule has 0 aliphatic heterocycles. The van der Waals surface area contributed by atoms with Gasteiger partial charge in [0.2, 0.25) is 5.91 Å². The molecule has 0 saturated carbocycles. The largest absolute Gasteiger partial charge is 0.395 e. The molecule has 2 aromatic heterocycles. The average molecular weight is 401 g/mol. The summed E-state index contributed by atoms with van der Waals surface area (Å²) in [5.41, 5.74) is 15.7. The predicted molar refractivity (Wildman–Crippen MR) is 115 cm³/mol. The van der Waals surface area contributed by atoms with E-state index in [-0.39, 0.29) is 23.1 Å². The summed E-state index contributed by atoms with van der Waals surface area (Å²) in [6.45, 7) is 3.32. The van der Waals surface area contributed by atoms with Crippen LogP contribution in [0.3, 0.4) is 0 Å². The topological polar surface area (TPSA) is 153 Å². The molecule has 0 radical (unpaired) electrons. The molecular weight excluding hydrogens is 382 g/mol. The van der Waals surface area contributed by atoms with Crippen molar-refractivity contribution in [1.29, 1.82) is 0 Å². The zero-order valence-electron chi connectivity index (χ0n) is 16.4. The van der Waals surface area contributed by atoms with Gasteiger partial charge in [-0.15, -0.1) is 0 Å². The SMILES string of the molecule is CC(=O)Nc1ccccc1-c1nc(C(N)=O)c(N)c(-c2c(C)ccc3[nH]ncc23)n1. The Morgan fingerprint density at radius 3 is 2.60 bits per heavy atom. The number of nitrogens with one attached hydrogen (secondary N) is 2. The third-order valence-electron chi connectivity index (χ3n) is 4.73. The van der Waals surface area contributed by atoms with Gasteiger partial charge in [-0.25, -0.2) is 9.97 Å². The molecule has 2 heterocycles. The second kappa shape index (κ2) is 7.28. The Hall–Kier alpha value is -4.27. The zero-order chi connectivity index (χ0) is 21.4. The Morgan fingerprint density at radius 1 is 1.10 bits per heavy atom. The summed E-state index contributed by atoms with van der Waals surface area (Å²) in [4.78, 5) is 32.7. The molecule has 30 heavy (non-hydrogen) atoms. The van der Waals surface area contributed by atoms with Crippen molar-refractivity contribution in [2.75, 3.05) is 11.1 Å². The van der Waals surface area contributed by atoms with Gasteiger partial charge in [-0.05, 0) is 30.7 Å². The number of nitrogen functional groups attached to an aromatic ring is 1. The number of carbonyl (C=O) groups is 2. The fourth-order valence-corrected chi connectivity index (χ4v) is 3.39. The third-order valence-corrected chi connectivity index (χ3v) is 4.73. The zero-order valence-corrected chi connectivity index (χ0v) is 16.4. The van der Waals surface area contributed by atoms with E-state index >= 15 is 0 Å². The van der Waals surface area contributed by atoms with Crippen LogP contribution >= 0.6 is 0 Å². The van der Waals surface area contributed by atoms with Crippen LogP contribution in [0, 0.1) is 6.92 Å². The van der Waals surface area contributed by atoms with Crippen LogP contribution in [0.15, 0.2) is 42.6 Å². The molecule has 0 aliphatic carbocycles.